The number of rotatable bonds is 11. The van der Waals surface area contributed by atoms with Crippen LogP contribution in [-0.2, 0) is 54.3 Å². The molecule has 0 saturated heterocycles. The topological polar surface area (TPSA) is 192 Å². The number of benzene rings is 5. The summed E-state index contributed by atoms with van der Waals surface area (Å²) in [4.78, 5) is 58.1. The minimum absolute atomic E-state index is 0.0223. The Morgan fingerprint density at radius 1 is 0.658 bits per heavy atom. The zero-order chi connectivity index (χ0) is 52.6. The third-order valence-corrected chi connectivity index (χ3v) is 12.8. The van der Waals surface area contributed by atoms with Crippen LogP contribution < -0.4 is 9.47 Å². The number of aromatic nitrogens is 4. The Morgan fingerprint density at radius 2 is 1.18 bits per heavy atom. The number of carboxylic acid groups (broad SMARTS) is 1. The number of hydrogen-bond acceptors (Lipinski definition) is 8. The molecule has 9 aromatic rings. The van der Waals surface area contributed by atoms with Gasteiger partial charge in [0, 0.05) is 69.6 Å². The summed E-state index contributed by atoms with van der Waals surface area (Å²) in [6.07, 6.45) is 10.6. The standard InChI is InChI=1S/C23H26N2O3.C12H13NO2.C11H11NO2.C9H9N.C3H5BrO2/c1-4-28-23-12-19-16(11-22(23)27-3)7-8-25(14-26)21(19)10-17-13-24-20-6-5-15(2)9-18(17)20;1-8-3-4-11-10(5-8)9(7-13-11)6-12(14)15-2;1-7-2-3-10-9(4-7)8(6-12-10)5-11(13)14;1-7-2-3-9-8(6-7)4-5-10-9;1-6-3(5)2-4/h5-6,9,11-14,21,24H,4,7-8,10H2,1-3H3;3-5,7,13H,6H2,1-2H3;2-4,6,12H,5H2,1H3,(H,13,14);2-6,10H,1H3;2H2,1H3. The van der Waals surface area contributed by atoms with Crippen molar-refractivity contribution in [2.24, 2.45) is 0 Å². The fourth-order valence-electron chi connectivity index (χ4n) is 8.67. The van der Waals surface area contributed by atoms with Crippen LogP contribution in [0.15, 0.2) is 116 Å². The normalized spacial score (nSPS) is 12.5. The number of carbonyl (C=O) groups excluding carboxylic acids is 3. The van der Waals surface area contributed by atoms with Crippen molar-refractivity contribution in [3.8, 4) is 11.5 Å². The number of nitrogens with one attached hydrogen (secondary N) is 4. The second kappa shape index (κ2) is 26.1. The Morgan fingerprint density at radius 3 is 1.67 bits per heavy atom. The van der Waals surface area contributed by atoms with E-state index in [1.807, 2.05) is 68.4 Å². The van der Waals surface area contributed by atoms with E-state index in [1.165, 1.54) is 58.3 Å². The van der Waals surface area contributed by atoms with Crippen LogP contribution in [0.3, 0.4) is 0 Å². The highest BCUT2D eigenvalue weighted by molar-refractivity contribution is 9.09. The first-order valence-corrected chi connectivity index (χ1v) is 25.0. The van der Waals surface area contributed by atoms with Crippen molar-refractivity contribution in [2.45, 2.75) is 66.3 Å². The lowest BCUT2D eigenvalue weighted by Crippen LogP contribution is -2.35. The molecule has 14 nitrogen and oxygen atoms in total. The maximum Gasteiger partial charge on any atom is 0.316 e. The molecule has 0 radical (unpaired) electrons. The molecular weight excluding hydrogens is 991 g/mol. The summed E-state index contributed by atoms with van der Waals surface area (Å²) in [7, 11) is 4.42. The van der Waals surface area contributed by atoms with E-state index in [9.17, 15) is 19.2 Å². The maximum atomic E-state index is 11.8. The van der Waals surface area contributed by atoms with Crippen LogP contribution >= 0.6 is 15.9 Å². The fraction of sp³-hybridized carbons (Fsp3) is 0.276. The number of ether oxygens (including phenoxy) is 4. The highest BCUT2D eigenvalue weighted by Gasteiger charge is 2.29. The summed E-state index contributed by atoms with van der Waals surface area (Å²) < 4.78 is 20.2. The molecule has 1 atom stereocenters. The van der Waals surface area contributed by atoms with Gasteiger partial charge in [-0.2, -0.15) is 0 Å². The molecule has 0 aliphatic carbocycles. The molecule has 73 heavy (non-hydrogen) atoms. The number of alkyl halides is 1. The third kappa shape index (κ3) is 14.4. The van der Waals surface area contributed by atoms with Crippen LogP contribution in [-0.4, -0.2) is 94.1 Å². The number of aryl methyl sites for hydroxylation is 4. The minimum Gasteiger partial charge on any atom is -0.493 e. The molecule has 5 N–H and O–H groups in total. The van der Waals surface area contributed by atoms with Crippen LogP contribution in [0.1, 0.15) is 63.0 Å². The molecular formula is C58H64BrN5O9. The first-order valence-electron chi connectivity index (χ1n) is 23.9. The number of aliphatic carboxylic acids is 1. The number of H-pyrrole nitrogens is 4. The van der Waals surface area contributed by atoms with Crippen LogP contribution in [0.25, 0.3) is 43.6 Å². The Labute approximate surface area is 433 Å². The first kappa shape index (κ1) is 54.6. The highest BCUT2D eigenvalue weighted by atomic mass is 79.9. The first-order chi connectivity index (χ1) is 35.2. The van der Waals surface area contributed by atoms with Crippen molar-refractivity contribution in [3.05, 3.63) is 166 Å². The Hall–Kier alpha value is -7.78. The molecule has 1 aliphatic rings. The smallest absolute Gasteiger partial charge is 0.316 e. The van der Waals surface area contributed by atoms with Gasteiger partial charge >= 0.3 is 17.9 Å². The summed E-state index contributed by atoms with van der Waals surface area (Å²) in [6.45, 7) is 11.5. The van der Waals surface area contributed by atoms with Crippen molar-refractivity contribution in [1.29, 1.82) is 0 Å². The number of aromatic amines is 4. The Bertz CT molecular complexity index is 3310. The number of hydrogen-bond donors (Lipinski definition) is 5. The second-order valence-electron chi connectivity index (χ2n) is 17.6. The lowest BCUT2D eigenvalue weighted by atomic mass is 9.88. The molecule has 1 aliphatic heterocycles. The molecule has 4 aromatic heterocycles. The van der Waals surface area contributed by atoms with Gasteiger partial charge in [-0.3, -0.25) is 19.2 Å². The van der Waals surface area contributed by atoms with Gasteiger partial charge in [-0.05, 0) is 147 Å². The molecule has 5 heterocycles. The van der Waals surface area contributed by atoms with E-state index in [2.05, 4.69) is 126 Å². The fourth-order valence-corrected chi connectivity index (χ4v) is 8.90. The lowest BCUT2D eigenvalue weighted by molar-refractivity contribution is -0.140. The average Bonchev–Trinajstić information content (AvgIpc) is 4.21. The molecule has 0 spiro atoms. The molecule has 1 amide bonds. The minimum atomic E-state index is -0.799. The predicted molar refractivity (Wildman–Crippen MR) is 292 cm³/mol. The number of carboxylic acids is 1. The van der Waals surface area contributed by atoms with Crippen molar-refractivity contribution in [3.63, 3.8) is 0 Å². The quantitative estimate of drug-likeness (QED) is 0.0476. The predicted octanol–water partition coefficient (Wildman–Crippen LogP) is 11.5. The van der Waals surface area contributed by atoms with E-state index in [-0.39, 0.29) is 29.7 Å². The number of nitrogens with zero attached hydrogens (tertiary/aromatic N) is 1. The maximum absolute atomic E-state index is 11.8. The van der Waals surface area contributed by atoms with E-state index >= 15 is 0 Å². The van der Waals surface area contributed by atoms with Gasteiger partial charge in [-0.1, -0.05) is 62.4 Å². The van der Waals surface area contributed by atoms with Gasteiger partial charge < -0.3 is 48.9 Å². The molecule has 5 aromatic carbocycles. The van der Waals surface area contributed by atoms with Crippen molar-refractivity contribution >= 4 is 83.9 Å². The van der Waals surface area contributed by atoms with Gasteiger partial charge in [0.25, 0.3) is 0 Å². The number of amides is 1. The largest absolute Gasteiger partial charge is 0.493 e. The zero-order valence-corrected chi connectivity index (χ0v) is 44.2. The molecule has 10 rings (SSSR count). The van der Waals surface area contributed by atoms with Crippen molar-refractivity contribution in [1.82, 2.24) is 24.8 Å². The van der Waals surface area contributed by atoms with E-state index in [4.69, 9.17) is 14.6 Å². The Balaban J connectivity index is 0.000000164. The van der Waals surface area contributed by atoms with Crippen LogP contribution in [0.4, 0.5) is 0 Å². The Kier molecular flexibility index (Phi) is 19.5. The summed E-state index contributed by atoms with van der Waals surface area (Å²) in [5.74, 6) is 0.234. The summed E-state index contributed by atoms with van der Waals surface area (Å²) >= 11 is 2.90. The molecule has 0 fully saturated rings. The van der Waals surface area contributed by atoms with Crippen LogP contribution in [0, 0.1) is 27.7 Å². The number of esters is 2. The van der Waals surface area contributed by atoms with E-state index in [0.29, 0.717) is 19.6 Å². The number of carbonyl (C=O) groups is 4. The van der Waals surface area contributed by atoms with Crippen LogP contribution in [0.5, 0.6) is 11.5 Å². The van der Waals surface area contributed by atoms with Gasteiger partial charge in [0.2, 0.25) is 6.41 Å². The lowest BCUT2D eigenvalue weighted by Gasteiger charge is -2.35. The van der Waals surface area contributed by atoms with Crippen molar-refractivity contribution < 1.29 is 43.2 Å². The molecule has 0 bridgehead atoms. The monoisotopic (exact) mass is 1050 g/mol. The van der Waals surface area contributed by atoms with E-state index < -0.39 is 5.97 Å². The average molecular weight is 1060 g/mol. The van der Waals surface area contributed by atoms with E-state index in [0.717, 1.165) is 80.3 Å². The van der Waals surface area contributed by atoms with Gasteiger partial charge in [0.1, 0.15) is 5.33 Å². The van der Waals surface area contributed by atoms with Crippen molar-refractivity contribution in [2.75, 3.05) is 39.8 Å². The third-order valence-electron chi connectivity index (χ3n) is 12.4. The van der Waals surface area contributed by atoms with Gasteiger partial charge in [0.05, 0.1) is 46.8 Å². The number of halogens is 1. The van der Waals surface area contributed by atoms with E-state index in [1.54, 1.807) is 13.3 Å². The van der Waals surface area contributed by atoms with Gasteiger partial charge in [-0.25, -0.2) is 0 Å². The summed E-state index contributed by atoms with van der Waals surface area (Å²) in [5.41, 5.74) is 14.7. The zero-order valence-electron chi connectivity index (χ0n) is 42.6. The SMILES string of the molecule is CCOc1cc2c(cc1OC)CCN(C=O)C2Cc1c[nH]c2ccc(C)cc12.COC(=O)CBr.COC(=O)Cc1c[nH]c2ccc(C)cc12.Cc1ccc2[nH]cc(CC(=O)O)c2c1.Cc1ccc2[nH]ccc2c1. The number of methoxy groups -OCH3 is 3. The molecule has 0 saturated carbocycles. The number of fused-ring (bicyclic) bond motifs is 5. The molecule has 15 heteroatoms. The molecule has 1 unspecified atom stereocenters. The van der Waals surface area contributed by atoms with Gasteiger partial charge in [-0.15, -0.1) is 0 Å². The van der Waals surface area contributed by atoms with Crippen LogP contribution in [0.2, 0.25) is 0 Å². The van der Waals surface area contributed by atoms with Gasteiger partial charge in [0.15, 0.2) is 11.5 Å². The molecule has 382 valence electrons. The summed E-state index contributed by atoms with van der Waals surface area (Å²) in [6, 6.07) is 31.1. The highest BCUT2D eigenvalue weighted by Crippen LogP contribution is 2.40. The summed E-state index contributed by atoms with van der Waals surface area (Å²) in [5, 5.41) is 13.6. The second-order valence-corrected chi connectivity index (χ2v) is 18.2.